The molecule has 0 aromatic heterocycles. The van der Waals surface area contributed by atoms with Crippen molar-refractivity contribution in [2.45, 2.75) is 47.5 Å². The van der Waals surface area contributed by atoms with E-state index in [9.17, 15) is 9.59 Å². The Morgan fingerprint density at radius 1 is 0.935 bits per heavy atom. The third-order valence-corrected chi connectivity index (χ3v) is 4.79. The Morgan fingerprint density at radius 3 is 2.16 bits per heavy atom. The second-order valence-electron chi connectivity index (χ2n) is 7.37. The van der Waals surface area contributed by atoms with Gasteiger partial charge in [-0.25, -0.2) is 4.79 Å². The molecule has 0 heterocycles. The molecule has 2 rings (SSSR count). The first-order chi connectivity index (χ1) is 14.7. The van der Waals surface area contributed by atoms with Crippen LogP contribution in [0.1, 0.15) is 52.2 Å². The molecule has 4 heteroatoms. The van der Waals surface area contributed by atoms with Gasteiger partial charge >= 0.3 is 11.9 Å². The zero-order valence-electron chi connectivity index (χ0n) is 19.0. The van der Waals surface area contributed by atoms with E-state index in [0.29, 0.717) is 23.5 Å². The quantitative estimate of drug-likeness (QED) is 0.158. The average Bonchev–Trinajstić information content (AvgIpc) is 2.77. The van der Waals surface area contributed by atoms with E-state index in [1.807, 2.05) is 31.2 Å². The molecule has 2 aromatic carbocycles. The van der Waals surface area contributed by atoms with Crippen molar-refractivity contribution in [3.8, 4) is 16.9 Å². The van der Waals surface area contributed by atoms with E-state index < -0.39 is 5.97 Å². The highest BCUT2D eigenvalue weighted by atomic mass is 16.5. The van der Waals surface area contributed by atoms with Gasteiger partial charge in [0.2, 0.25) is 0 Å². The van der Waals surface area contributed by atoms with Gasteiger partial charge in [0, 0.05) is 12.0 Å². The van der Waals surface area contributed by atoms with Crippen molar-refractivity contribution < 1.29 is 19.1 Å². The van der Waals surface area contributed by atoms with Gasteiger partial charge in [0.15, 0.2) is 0 Å². The molecular formula is C27H30O4. The van der Waals surface area contributed by atoms with Crippen LogP contribution in [0.2, 0.25) is 0 Å². The number of rotatable bonds is 8. The number of carbonyl (C=O) groups excluding carboxylic acids is 2. The second kappa shape index (κ2) is 11.1. The summed E-state index contributed by atoms with van der Waals surface area (Å²) in [5.74, 6) is 0.405. The molecular weight excluding hydrogens is 388 g/mol. The summed E-state index contributed by atoms with van der Waals surface area (Å²) in [5, 5.41) is 0. The van der Waals surface area contributed by atoms with Gasteiger partial charge in [-0.05, 0) is 73.2 Å². The van der Waals surface area contributed by atoms with Gasteiger partial charge < -0.3 is 9.47 Å². The molecule has 162 valence electrons. The highest BCUT2D eigenvalue weighted by molar-refractivity contribution is 5.88. The largest absolute Gasteiger partial charge is 0.431 e. The molecule has 0 N–H and O–H groups in total. The fourth-order valence-corrected chi connectivity index (χ4v) is 2.98. The fraction of sp³-hybridized carbons (Fsp3) is 0.259. The van der Waals surface area contributed by atoms with E-state index in [-0.39, 0.29) is 5.97 Å². The maximum atomic E-state index is 11.7. The maximum absolute atomic E-state index is 11.7. The van der Waals surface area contributed by atoms with E-state index in [4.69, 9.17) is 9.47 Å². The van der Waals surface area contributed by atoms with Crippen LogP contribution in [0, 0.1) is 0 Å². The number of ether oxygens (including phenoxy) is 2. The Hall–Kier alpha value is -3.40. The minimum atomic E-state index is -0.429. The van der Waals surface area contributed by atoms with Gasteiger partial charge in [-0.2, -0.15) is 0 Å². The summed E-state index contributed by atoms with van der Waals surface area (Å²) in [5.41, 5.74) is 5.97. The third-order valence-electron chi connectivity index (χ3n) is 4.79. The van der Waals surface area contributed by atoms with E-state index >= 15 is 0 Å². The monoisotopic (exact) mass is 418 g/mol. The number of aryl methyl sites for hydroxylation is 1. The molecule has 0 bridgehead atoms. The fourth-order valence-electron chi connectivity index (χ4n) is 2.98. The van der Waals surface area contributed by atoms with Crippen LogP contribution in [0.3, 0.4) is 0 Å². The normalized spacial score (nSPS) is 11.8. The van der Waals surface area contributed by atoms with Crippen LogP contribution in [0.15, 0.2) is 72.5 Å². The minimum Gasteiger partial charge on any atom is -0.431 e. The minimum absolute atomic E-state index is 0.237. The summed E-state index contributed by atoms with van der Waals surface area (Å²) in [4.78, 5) is 23.1. The van der Waals surface area contributed by atoms with Crippen LogP contribution < -0.4 is 4.74 Å². The molecule has 0 fully saturated rings. The molecule has 0 radical (unpaired) electrons. The van der Waals surface area contributed by atoms with Crippen molar-refractivity contribution in [2.24, 2.45) is 0 Å². The van der Waals surface area contributed by atoms with Crippen molar-refractivity contribution in [3.05, 3.63) is 83.7 Å². The first kappa shape index (κ1) is 23.9. The van der Waals surface area contributed by atoms with Crippen LogP contribution in [0.5, 0.6) is 5.75 Å². The Morgan fingerprint density at radius 2 is 1.58 bits per heavy atom. The summed E-state index contributed by atoms with van der Waals surface area (Å²) < 4.78 is 10.5. The van der Waals surface area contributed by atoms with Crippen molar-refractivity contribution >= 4 is 17.5 Å². The lowest BCUT2D eigenvalue weighted by Gasteiger charge is -2.12. The van der Waals surface area contributed by atoms with Crippen LogP contribution in [-0.4, -0.2) is 11.9 Å². The van der Waals surface area contributed by atoms with Crippen LogP contribution in [0.25, 0.3) is 16.7 Å². The number of hydrogen-bond donors (Lipinski definition) is 0. The predicted molar refractivity (Wildman–Crippen MR) is 125 cm³/mol. The van der Waals surface area contributed by atoms with Gasteiger partial charge in [-0.15, -0.1) is 0 Å². The van der Waals surface area contributed by atoms with Crippen LogP contribution >= 0.6 is 0 Å². The lowest BCUT2D eigenvalue weighted by Crippen LogP contribution is -2.07. The Balaban J connectivity index is 2.24. The Kier molecular flexibility index (Phi) is 8.56. The molecule has 4 nitrogen and oxygen atoms in total. The summed E-state index contributed by atoms with van der Waals surface area (Å²) in [6.07, 6.45) is 5.03. The number of hydrogen-bond acceptors (Lipinski definition) is 4. The molecule has 0 aliphatic rings. The topological polar surface area (TPSA) is 52.6 Å². The second-order valence-corrected chi connectivity index (χ2v) is 7.37. The molecule has 0 saturated carbocycles. The van der Waals surface area contributed by atoms with E-state index in [0.717, 1.165) is 28.7 Å². The smallest absolute Gasteiger partial charge is 0.338 e. The number of esters is 2. The zero-order valence-corrected chi connectivity index (χ0v) is 19.0. The molecule has 0 unspecified atom stereocenters. The highest BCUT2D eigenvalue weighted by Crippen LogP contribution is 2.28. The lowest BCUT2D eigenvalue weighted by molar-refractivity contribution is -0.139. The van der Waals surface area contributed by atoms with Crippen LogP contribution in [-0.2, 0) is 20.7 Å². The standard InChI is InChI=1S/C27H30O4/c1-7-21-17-23(22-11-14-24(15-12-22)31-27(29)18(3)4)13-16-25(21)19(5)9-10-20(6)30-26(28)8-2/h9-17H,3,7-8H2,1-2,4-6H3/b19-9+,20-10+. The van der Waals surface area contributed by atoms with Crippen molar-refractivity contribution in [1.29, 1.82) is 0 Å². The van der Waals surface area contributed by atoms with Crippen molar-refractivity contribution in [2.75, 3.05) is 0 Å². The Labute approximate surface area is 184 Å². The van der Waals surface area contributed by atoms with Gasteiger partial charge in [-0.3, -0.25) is 4.79 Å². The number of allylic oxidation sites excluding steroid dienone is 4. The van der Waals surface area contributed by atoms with Gasteiger partial charge in [0.05, 0.1) is 0 Å². The Bertz CT molecular complexity index is 1020. The molecule has 31 heavy (non-hydrogen) atoms. The lowest BCUT2D eigenvalue weighted by atomic mass is 9.94. The molecule has 0 aliphatic heterocycles. The molecule has 0 atom stereocenters. The van der Waals surface area contributed by atoms with E-state index in [2.05, 4.69) is 31.7 Å². The maximum Gasteiger partial charge on any atom is 0.338 e. The van der Waals surface area contributed by atoms with Crippen molar-refractivity contribution in [3.63, 3.8) is 0 Å². The van der Waals surface area contributed by atoms with Crippen LogP contribution in [0.4, 0.5) is 0 Å². The van der Waals surface area contributed by atoms with Gasteiger partial charge in [0.1, 0.15) is 11.5 Å². The SMILES string of the molecule is C=C(C)C(=O)Oc1ccc(-c2ccc(/C(C)=C/C=C(\C)OC(=O)CC)c(CC)c2)cc1. The summed E-state index contributed by atoms with van der Waals surface area (Å²) >= 11 is 0. The highest BCUT2D eigenvalue weighted by Gasteiger charge is 2.08. The molecule has 0 aliphatic carbocycles. The first-order valence-electron chi connectivity index (χ1n) is 10.4. The number of carbonyl (C=O) groups is 2. The predicted octanol–water partition coefficient (Wildman–Crippen LogP) is 6.66. The third kappa shape index (κ3) is 6.82. The average molecular weight is 419 g/mol. The molecule has 0 saturated heterocycles. The van der Waals surface area contributed by atoms with Gasteiger partial charge in [-0.1, -0.05) is 56.8 Å². The summed E-state index contributed by atoms with van der Waals surface area (Å²) in [6, 6.07) is 13.8. The zero-order chi connectivity index (χ0) is 23.0. The van der Waals surface area contributed by atoms with Gasteiger partial charge in [0.25, 0.3) is 0 Å². The van der Waals surface area contributed by atoms with E-state index in [1.54, 1.807) is 32.9 Å². The first-order valence-corrected chi connectivity index (χ1v) is 10.4. The number of benzene rings is 2. The summed E-state index contributed by atoms with van der Waals surface area (Å²) in [6.45, 7) is 12.9. The molecule has 0 spiro atoms. The molecule has 0 amide bonds. The van der Waals surface area contributed by atoms with Crippen molar-refractivity contribution in [1.82, 2.24) is 0 Å². The summed E-state index contributed by atoms with van der Waals surface area (Å²) in [7, 11) is 0. The molecule has 2 aromatic rings. The van der Waals surface area contributed by atoms with E-state index in [1.165, 1.54) is 5.56 Å².